The molecule has 3 fully saturated rings. The fraction of sp³-hybridized carbons (Fsp3) is 0.621. The van der Waals surface area contributed by atoms with E-state index in [2.05, 4.69) is 20.6 Å². The zero-order valence-electron chi connectivity index (χ0n) is 23.0. The number of ether oxygens (including phenoxy) is 3. The van der Waals surface area contributed by atoms with Crippen molar-refractivity contribution < 1.29 is 28.9 Å². The Hall–Kier alpha value is -2.99. The Bertz CT molecular complexity index is 1210. The largest absolute Gasteiger partial charge is 0.493 e. The lowest BCUT2D eigenvalue weighted by Crippen LogP contribution is -2.52. The number of aromatic nitrogens is 2. The SMILES string of the molecule is Cn1cc(-c2ccc3c(c2)OCC[C@@H]2CC[C@H](O)[C@@H](CNC(=O)[C@@H]4C[C@@H](CN4C4CCOCC4)NC3=O)O2)cn1. The van der Waals surface area contributed by atoms with E-state index in [-0.39, 0.29) is 42.6 Å². The van der Waals surface area contributed by atoms with Gasteiger partial charge in [-0.25, -0.2) is 0 Å². The average molecular weight is 554 g/mol. The number of hydrogen-bond acceptors (Lipinski definition) is 8. The Kier molecular flexibility index (Phi) is 8.06. The van der Waals surface area contributed by atoms with Crippen LogP contribution in [0.3, 0.4) is 0 Å². The molecule has 11 nitrogen and oxygen atoms in total. The molecule has 4 aliphatic heterocycles. The highest BCUT2D eigenvalue weighted by Crippen LogP contribution is 2.31. The predicted molar refractivity (Wildman–Crippen MR) is 146 cm³/mol. The molecule has 3 N–H and O–H groups in total. The lowest BCUT2D eigenvalue weighted by molar-refractivity contribution is -0.134. The molecule has 0 aliphatic carbocycles. The topological polar surface area (TPSA) is 127 Å². The molecule has 0 unspecified atom stereocenters. The maximum atomic E-state index is 13.6. The van der Waals surface area contributed by atoms with E-state index in [0.29, 0.717) is 63.4 Å². The number of amides is 2. The number of carbonyl (C=O) groups excluding carboxylic acids is 2. The molecule has 0 radical (unpaired) electrons. The van der Waals surface area contributed by atoms with Crippen molar-refractivity contribution in [1.82, 2.24) is 25.3 Å². The van der Waals surface area contributed by atoms with Crippen LogP contribution in [0.1, 0.15) is 48.9 Å². The number of likely N-dealkylation sites (tertiary alicyclic amines) is 1. The van der Waals surface area contributed by atoms with Crippen LogP contribution < -0.4 is 15.4 Å². The Morgan fingerprint density at radius 2 is 1.90 bits per heavy atom. The van der Waals surface area contributed by atoms with Crippen molar-refractivity contribution >= 4 is 11.8 Å². The number of aliphatic hydroxyl groups excluding tert-OH is 1. The van der Waals surface area contributed by atoms with E-state index in [4.69, 9.17) is 14.2 Å². The van der Waals surface area contributed by atoms with E-state index in [1.54, 1.807) is 16.9 Å². The Balaban J connectivity index is 1.29. The van der Waals surface area contributed by atoms with E-state index in [0.717, 1.165) is 24.0 Å². The average Bonchev–Trinajstić information content (AvgIpc) is 3.59. The first-order valence-electron chi connectivity index (χ1n) is 14.5. The van der Waals surface area contributed by atoms with Crippen LogP contribution in [0.15, 0.2) is 30.6 Å². The number of benzene rings is 1. The first-order chi connectivity index (χ1) is 19.4. The summed E-state index contributed by atoms with van der Waals surface area (Å²) in [5.74, 6) is 0.208. The van der Waals surface area contributed by atoms with Gasteiger partial charge in [-0.3, -0.25) is 19.2 Å². The molecular formula is C29H39N5O6. The van der Waals surface area contributed by atoms with Crippen molar-refractivity contribution in [1.29, 1.82) is 0 Å². The molecule has 2 amide bonds. The van der Waals surface area contributed by atoms with Crippen molar-refractivity contribution in [2.24, 2.45) is 7.05 Å². The highest BCUT2D eigenvalue weighted by Gasteiger charge is 2.42. The third-order valence-electron chi connectivity index (χ3n) is 8.66. The van der Waals surface area contributed by atoms with Crippen LogP contribution in [-0.2, 0) is 21.3 Å². The van der Waals surface area contributed by atoms with E-state index in [9.17, 15) is 14.7 Å². The number of nitrogens with one attached hydrogen (secondary N) is 2. The molecule has 3 saturated heterocycles. The molecule has 0 spiro atoms. The van der Waals surface area contributed by atoms with Gasteiger partial charge in [0, 0.05) is 63.6 Å². The summed E-state index contributed by atoms with van der Waals surface area (Å²) < 4.78 is 19.7. The van der Waals surface area contributed by atoms with Crippen molar-refractivity contribution in [3.8, 4) is 16.9 Å². The highest BCUT2D eigenvalue weighted by atomic mass is 16.5. The lowest BCUT2D eigenvalue weighted by Gasteiger charge is -2.36. The summed E-state index contributed by atoms with van der Waals surface area (Å²) in [6.45, 7) is 2.53. The summed E-state index contributed by atoms with van der Waals surface area (Å²) in [7, 11) is 1.87. The summed E-state index contributed by atoms with van der Waals surface area (Å²) in [5.41, 5.74) is 2.31. The molecule has 4 aliphatic rings. The van der Waals surface area contributed by atoms with Crippen LogP contribution in [0.4, 0.5) is 0 Å². The minimum Gasteiger partial charge on any atom is -0.493 e. The first-order valence-corrected chi connectivity index (χ1v) is 14.5. The van der Waals surface area contributed by atoms with Gasteiger partial charge in [0.15, 0.2) is 0 Å². The first kappa shape index (κ1) is 27.2. The van der Waals surface area contributed by atoms with Crippen LogP contribution in [0.2, 0.25) is 0 Å². The zero-order valence-corrected chi connectivity index (χ0v) is 23.0. The van der Waals surface area contributed by atoms with Crippen LogP contribution in [0.5, 0.6) is 5.75 Å². The van der Waals surface area contributed by atoms with E-state index >= 15 is 0 Å². The van der Waals surface area contributed by atoms with E-state index in [1.807, 2.05) is 25.4 Å². The quantitative estimate of drug-likeness (QED) is 0.507. The van der Waals surface area contributed by atoms with Gasteiger partial charge >= 0.3 is 0 Å². The summed E-state index contributed by atoms with van der Waals surface area (Å²) in [4.78, 5) is 29.3. The molecule has 216 valence electrons. The summed E-state index contributed by atoms with van der Waals surface area (Å²) in [5, 5.41) is 21.1. The van der Waals surface area contributed by atoms with Crippen LogP contribution in [0, 0.1) is 0 Å². The third kappa shape index (κ3) is 5.88. The van der Waals surface area contributed by atoms with Gasteiger partial charge in [-0.2, -0.15) is 5.10 Å². The number of fused-ring (bicyclic) bond motifs is 5. The summed E-state index contributed by atoms with van der Waals surface area (Å²) >= 11 is 0. The second kappa shape index (κ2) is 11.9. The maximum Gasteiger partial charge on any atom is 0.255 e. The number of rotatable bonds is 2. The predicted octanol–water partition coefficient (Wildman–Crippen LogP) is 1.25. The summed E-state index contributed by atoms with van der Waals surface area (Å²) in [6.07, 6.45) is 6.65. The monoisotopic (exact) mass is 553 g/mol. The van der Waals surface area contributed by atoms with Crippen LogP contribution in [-0.4, -0.2) is 101 Å². The molecule has 6 rings (SSSR count). The Labute approximate surface area is 234 Å². The number of aryl methyl sites for hydroxylation is 1. The molecule has 4 bridgehead atoms. The molecule has 5 heterocycles. The van der Waals surface area contributed by atoms with Gasteiger partial charge in [0.2, 0.25) is 5.91 Å². The molecular weight excluding hydrogens is 514 g/mol. The highest BCUT2D eigenvalue weighted by molar-refractivity contribution is 5.98. The number of aliphatic hydroxyl groups is 1. The van der Waals surface area contributed by atoms with Gasteiger partial charge in [-0.05, 0) is 49.8 Å². The van der Waals surface area contributed by atoms with Crippen LogP contribution >= 0.6 is 0 Å². The van der Waals surface area contributed by atoms with E-state index < -0.39 is 12.2 Å². The van der Waals surface area contributed by atoms with Crippen molar-refractivity contribution in [2.75, 3.05) is 32.9 Å². The number of carbonyl (C=O) groups is 2. The van der Waals surface area contributed by atoms with Gasteiger partial charge in [0.1, 0.15) is 11.9 Å². The normalized spacial score (nSPS) is 30.7. The lowest BCUT2D eigenvalue weighted by atomic mass is 9.99. The molecule has 1 aromatic carbocycles. The van der Waals surface area contributed by atoms with Gasteiger partial charge in [-0.1, -0.05) is 6.07 Å². The second-order valence-corrected chi connectivity index (χ2v) is 11.4. The molecule has 0 saturated carbocycles. The van der Waals surface area contributed by atoms with Gasteiger partial charge in [-0.15, -0.1) is 0 Å². The fourth-order valence-electron chi connectivity index (χ4n) is 6.45. The van der Waals surface area contributed by atoms with Crippen molar-refractivity contribution in [2.45, 2.75) is 75.0 Å². The fourth-order valence-corrected chi connectivity index (χ4v) is 6.45. The third-order valence-corrected chi connectivity index (χ3v) is 8.66. The van der Waals surface area contributed by atoms with Gasteiger partial charge in [0.25, 0.3) is 5.91 Å². The smallest absolute Gasteiger partial charge is 0.255 e. The van der Waals surface area contributed by atoms with Gasteiger partial charge < -0.3 is 30.0 Å². The van der Waals surface area contributed by atoms with Crippen LogP contribution in [0.25, 0.3) is 11.1 Å². The second-order valence-electron chi connectivity index (χ2n) is 11.4. The molecule has 40 heavy (non-hydrogen) atoms. The number of nitrogens with zero attached hydrogens (tertiary/aromatic N) is 3. The Morgan fingerprint density at radius 1 is 1.05 bits per heavy atom. The minimum absolute atomic E-state index is 0.0851. The minimum atomic E-state index is -0.624. The van der Waals surface area contributed by atoms with E-state index in [1.165, 1.54) is 0 Å². The van der Waals surface area contributed by atoms with Gasteiger partial charge in [0.05, 0.1) is 36.6 Å². The number of hydrogen-bond donors (Lipinski definition) is 3. The molecule has 11 heteroatoms. The molecule has 1 aromatic heterocycles. The summed E-state index contributed by atoms with van der Waals surface area (Å²) in [6, 6.07) is 5.25. The Morgan fingerprint density at radius 3 is 2.70 bits per heavy atom. The van der Waals surface area contributed by atoms with Crippen molar-refractivity contribution in [3.05, 3.63) is 36.2 Å². The standard InChI is InChI=1S/C29H39N5O6/c1-33-16-19(14-31-33)18-2-4-23-26(12-18)39-11-8-22-3-5-25(35)27(40-22)15-30-29(37)24-13-20(32-28(23)36)17-34(24)21-6-9-38-10-7-21/h2,4,12,14,16,20-22,24-25,27,35H,3,5-11,13,15,17H2,1H3,(H,30,37)(H,32,36)/t20-,22-,24-,25-,27+/m0/s1. The molecule has 5 atom stereocenters. The maximum absolute atomic E-state index is 13.6. The molecule has 2 aromatic rings. The zero-order chi connectivity index (χ0) is 27.6. The van der Waals surface area contributed by atoms with Crippen molar-refractivity contribution in [3.63, 3.8) is 0 Å².